The molecule has 2 fully saturated rings. The third-order valence-corrected chi connectivity index (χ3v) is 4.30. The number of nitrogens with one attached hydrogen (secondary N) is 1. The van der Waals surface area contributed by atoms with Crippen molar-refractivity contribution < 1.29 is 14.6 Å². The van der Waals surface area contributed by atoms with E-state index < -0.39 is 11.2 Å². The Hall–Kier alpha value is -0.570. The molecule has 2 rings (SSSR count). The second-order valence-corrected chi connectivity index (χ2v) is 7.44. The minimum absolute atomic E-state index is 0. The zero-order valence-electron chi connectivity index (χ0n) is 14.6. The number of likely N-dealkylation sites (tertiary alicyclic amines) is 1. The van der Waals surface area contributed by atoms with Gasteiger partial charge < -0.3 is 20.1 Å². The van der Waals surface area contributed by atoms with E-state index in [0.717, 1.165) is 38.2 Å². The van der Waals surface area contributed by atoms with E-state index in [0.29, 0.717) is 13.1 Å². The van der Waals surface area contributed by atoms with E-state index in [1.54, 1.807) is 7.05 Å². The molecule has 2 aliphatic rings. The summed E-state index contributed by atoms with van der Waals surface area (Å²) in [5.41, 5.74) is -1.03. The summed E-state index contributed by atoms with van der Waals surface area (Å²) in [7, 11) is 1.73. The smallest absolute Gasteiger partial charge is 0.311 e. The van der Waals surface area contributed by atoms with Crippen LogP contribution in [0.15, 0.2) is 4.99 Å². The van der Waals surface area contributed by atoms with Crippen LogP contribution in [0.1, 0.15) is 46.5 Å². The zero-order chi connectivity index (χ0) is 16.4. The first-order valence-electron chi connectivity index (χ1n) is 8.13. The van der Waals surface area contributed by atoms with Crippen LogP contribution in [-0.2, 0) is 9.53 Å². The van der Waals surface area contributed by atoms with Crippen LogP contribution in [0.5, 0.6) is 0 Å². The molecule has 0 amide bonds. The van der Waals surface area contributed by atoms with Crippen molar-refractivity contribution in [2.45, 2.75) is 57.7 Å². The van der Waals surface area contributed by atoms with Gasteiger partial charge in [-0.3, -0.25) is 9.79 Å². The lowest BCUT2D eigenvalue weighted by Gasteiger charge is -2.37. The van der Waals surface area contributed by atoms with Crippen molar-refractivity contribution in [1.29, 1.82) is 0 Å². The molecule has 1 heterocycles. The summed E-state index contributed by atoms with van der Waals surface area (Å²) in [6, 6.07) is 0. The van der Waals surface area contributed by atoms with Gasteiger partial charge in [-0.1, -0.05) is 0 Å². The van der Waals surface area contributed by atoms with Crippen molar-refractivity contribution in [3.63, 3.8) is 0 Å². The number of hydrogen-bond donors (Lipinski definition) is 2. The highest BCUT2D eigenvalue weighted by Crippen LogP contribution is 2.30. The fraction of sp³-hybridized carbons (Fsp3) is 0.875. The van der Waals surface area contributed by atoms with E-state index in [1.165, 1.54) is 0 Å². The van der Waals surface area contributed by atoms with Crippen molar-refractivity contribution in [2.24, 2.45) is 10.9 Å². The molecule has 0 bridgehead atoms. The van der Waals surface area contributed by atoms with Gasteiger partial charge in [0.05, 0.1) is 11.5 Å². The SMILES string of the molecule is CN=C(NCC1(O)CCC1)N1CCC(C(=O)OC(C)(C)C)C1.I. The summed E-state index contributed by atoms with van der Waals surface area (Å²) in [4.78, 5) is 18.5. The Morgan fingerprint density at radius 1 is 1.43 bits per heavy atom. The largest absolute Gasteiger partial charge is 0.460 e. The lowest BCUT2D eigenvalue weighted by molar-refractivity contribution is -0.159. The fourth-order valence-electron chi connectivity index (χ4n) is 2.87. The molecular formula is C16H30IN3O3. The number of nitrogens with zero attached hydrogens (tertiary/aromatic N) is 2. The Balaban J connectivity index is 0.00000264. The summed E-state index contributed by atoms with van der Waals surface area (Å²) >= 11 is 0. The number of carbonyl (C=O) groups is 1. The maximum Gasteiger partial charge on any atom is 0.311 e. The Bertz CT molecular complexity index is 444. The standard InChI is InChI=1S/C16H29N3O3.HI/c1-15(2,3)22-13(20)12-6-9-19(10-12)14(17-4)18-11-16(21)7-5-8-16;/h12,21H,5-11H2,1-4H3,(H,17,18);1H. The quantitative estimate of drug-likeness (QED) is 0.304. The van der Waals surface area contributed by atoms with Crippen molar-refractivity contribution in [2.75, 3.05) is 26.7 Å². The lowest BCUT2D eigenvalue weighted by Crippen LogP contribution is -2.51. The Labute approximate surface area is 156 Å². The van der Waals surface area contributed by atoms with Gasteiger partial charge in [0.25, 0.3) is 0 Å². The van der Waals surface area contributed by atoms with Crippen LogP contribution in [0.3, 0.4) is 0 Å². The zero-order valence-corrected chi connectivity index (χ0v) is 16.9. The summed E-state index contributed by atoms with van der Waals surface area (Å²) in [6.45, 7) is 7.58. The minimum Gasteiger partial charge on any atom is -0.460 e. The number of hydrogen-bond acceptors (Lipinski definition) is 4. The minimum atomic E-state index is -0.583. The predicted octanol–water partition coefficient (Wildman–Crippen LogP) is 1.76. The van der Waals surface area contributed by atoms with Crippen molar-refractivity contribution >= 4 is 35.9 Å². The van der Waals surface area contributed by atoms with E-state index in [2.05, 4.69) is 15.2 Å². The molecule has 1 saturated heterocycles. The third-order valence-electron chi connectivity index (χ3n) is 4.30. The Kier molecular flexibility index (Phi) is 7.12. The van der Waals surface area contributed by atoms with E-state index in [1.807, 2.05) is 20.8 Å². The van der Waals surface area contributed by atoms with Crippen molar-refractivity contribution in [1.82, 2.24) is 10.2 Å². The molecule has 1 aliphatic heterocycles. The summed E-state index contributed by atoms with van der Waals surface area (Å²) in [5.74, 6) is 0.513. The van der Waals surface area contributed by atoms with Gasteiger partial charge in [0, 0.05) is 26.7 Å². The summed E-state index contributed by atoms with van der Waals surface area (Å²) in [6.07, 6.45) is 3.55. The van der Waals surface area contributed by atoms with E-state index in [9.17, 15) is 9.90 Å². The molecule has 23 heavy (non-hydrogen) atoms. The average molecular weight is 439 g/mol. The monoisotopic (exact) mass is 439 g/mol. The number of guanidine groups is 1. The highest BCUT2D eigenvalue weighted by molar-refractivity contribution is 14.0. The maximum absolute atomic E-state index is 12.1. The molecule has 2 N–H and O–H groups in total. The van der Waals surface area contributed by atoms with E-state index in [4.69, 9.17) is 4.74 Å². The fourth-order valence-corrected chi connectivity index (χ4v) is 2.87. The average Bonchev–Trinajstić information content (AvgIpc) is 2.85. The number of carbonyl (C=O) groups excluding carboxylic acids is 1. The van der Waals surface area contributed by atoms with Gasteiger partial charge in [0.1, 0.15) is 5.60 Å². The molecule has 1 saturated carbocycles. The number of halogens is 1. The molecule has 6 nitrogen and oxygen atoms in total. The molecule has 1 atom stereocenters. The Morgan fingerprint density at radius 2 is 2.09 bits per heavy atom. The molecule has 1 aliphatic carbocycles. The van der Waals surface area contributed by atoms with E-state index in [-0.39, 0.29) is 35.9 Å². The maximum atomic E-state index is 12.1. The molecule has 0 aromatic carbocycles. The van der Waals surface area contributed by atoms with Gasteiger partial charge in [-0.2, -0.15) is 0 Å². The van der Waals surface area contributed by atoms with E-state index >= 15 is 0 Å². The van der Waals surface area contributed by atoms with Gasteiger partial charge in [-0.05, 0) is 46.5 Å². The summed E-state index contributed by atoms with van der Waals surface area (Å²) < 4.78 is 5.46. The number of aliphatic hydroxyl groups is 1. The van der Waals surface area contributed by atoms with Gasteiger partial charge >= 0.3 is 5.97 Å². The number of aliphatic imine (C=N–C) groups is 1. The molecule has 1 unspecified atom stereocenters. The molecular weight excluding hydrogens is 409 g/mol. The topological polar surface area (TPSA) is 74.2 Å². The first-order valence-corrected chi connectivity index (χ1v) is 8.13. The van der Waals surface area contributed by atoms with Crippen molar-refractivity contribution in [3.05, 3.63) is 0 Å². The number of esters is 1. The molecule has 7 heteroatoms. The normalized spacial score (nSPS) is 23.8. The first kappa shape index (κ1) is 20.5. The molecule has 0 aromatic heterocycles. The first-order chi connectivity index (χ1) is 10.2. The van der Waals surface area contributed by atoms with Crippen LogP contribution >= 0.6 is 24.0 Å². The summed E-state index contributed by atoms with van der Waals surface area (Å²) in [5, 5.41) is 13.4. The number of ether oxygens (including phenoxy) is 1. The molecule has 0 spiro atoms. The van der Waals surface area contributed by atoms with Gasteiger partial charge in [0.2, 0.25) is 0 Å². The highest BCUT2D eigenvalue weighted by atomic mass is 127. The van der Waals surface area contributed by atoms with Gasteiger partial charge in [0.15, 0.2) is 5.96 Å². The van der Waals surface area contributed by atoms with Crippen LogP contribution in [-0.4, -0.2) is 59.8 Å². The van der Waals surface area contributed by atoms with Gasteiger partial charge in [-0.25, -0.2) is 0 Å². The van der Waals surface area contributed by atoms with Gasteiger partial charge in [-0.15, -0.1) is 24.0 Å². The van der Waals surface area contributed by atoms with Crippen LogP contribution < -0.4 is 5.32 Å². The van der Waals surface area contributed by atoms with Crippen LogP contribution in [0, 0.1) is 5.92 Å². The molecule has 134 valence electrons. The van der Waals surface area contributed by atoms with Crippen LogP contribution in [0.25, 0.3) is 0 Å². The number of rotatable bonds is 3. The Morgan fingerprint density at radius 3 is 2.57 bits per heavy atom. The second kappa shape index (κ2) is 8.00. The van der Waals surface area contributed by atoms with Crippen LogP contribution in [0.4, 0.5) is 0 Å². The molecule has 0 aromatic rings. The molecule has 0 radical (unpaired) electrons. The van der Waals surface area contributed by atoms with Crippen molar-refractivity contribution in [3.8, 4) is 0 Å². The predicted molar refractivity (Wildman–Crippen MR) is 101 cm³/mol. The third kappa shape index (κ3) is 5.77. The van der Waals surface area contributed by atoms with Crippen LogP contribution in [0.2, 0.25) is 0 Å². The second-order valence-electron chi connectivity index (χ2n) is 7.44. The highest BCUT2D eigenvalue weighted by Gasteiger charge is 2.36. The lowest BCUT2D eigenvalue weighted by atomic mass is 9.80.